The quantitative estimate of drug-likeness (QED) is 0.105. The number of carbonyl (C=O) groups is 2. The maximum atomic E-state index is 14.1. The number of aromatic nitrogens is 1. The maximum absolute atomic E-state index is 14.1. The van der Waals surface area contributed by atoms with Gasteiger partial charge in [-0.05, 0) is 85.3 Å². The number of carboxylic acids is 1. The molecule has 1 amide bonds. The number of hydrogen-bond acceptors (Lipinski definition) is 8. The number of hydrogen-bond donors (Lipinski definition) is 2. The average Bonchev–Trinajstić information content (AvgIpc) is 3.14. The van der Waals surface area contributed by atoms with Crippen molar-refractivity contribution in [2.45, 2.75) is 44.4 Å². The molecule has 0 saturated carbocycles. The number of amides is 1. The van der Waals surface area contributed by atoms with Crippen LogP contribution >= 0.6 is 23.2 Å². The lowest BCUT2D eigenvalue weighted by molar-refractivity contribution is -0.904. The molecule has 3 fully saturated rings. The molecule has 280 valence electrons. The summed E-state index contributed by atoms with van der Waals surface area (Å²) in [6.07, 6.45) is 3.08. The lowest BCUT2D eigenvalue weighted by atomic mass is 9.82. The number of fused-ring (bicyclic) bond motifs is 3. The van der Waals surface area contributed by atoms with Gasteiger partial charge in [-0.3, -0.25) is 15.0 Å². The molecule has 1 aromatic heterocycles. The number of aromatic carboxylic acids is 1. The standard InChI is InChI=1S/C38H37Cl2F2N3O8/c1-50-32-6-4-3-5-31(32)45(38(48)53-35-21-43-13-11-23(35)12-14-43)18-22-7-9-25(36(46)47)27(15-22)26(17-28-29(39)19-44(49)20-30(28)40)24-8-10-33(52-37(41)42)34(16-24)51-2/h3-10,15-16,19-20,23,26,35,37H,11-14,17-18,21H2,1-2H3,(H-,46,47,49)/p+1/t26-,35-/m0/s1/i2D3. The molecular formula is C38H38Cl2F2N3O8+. The van der Waals surface area contributed by atoms with Crippen molar-refractivity contribution >= 4 is 41.0 Å². The summed E-state index contributed by atoms with van der Waals surface area (Å²) in [6, 6.07) is 15.0. The molecule has 4 heterocycles. The molecule has 53 heavy (non-hydrogen) atoms. The van der Waals surface area contributed by atoms with Crippen LogP contribution in [0.2, 0.25) is 10.0 Å². The maximum Gasteiger partial charge on any atom is 0.415 e. The van der Waals surface area contributed by atoms with Crippen LogP contribution in [0.3, 0.4) is 0 Å². The van der Waals surface area contributed by atoms with Crippen LogP contribution in [0.5, 0.6) is 17.2 Å². The van der Waals surface area contributed by atoms with Gasteiger partial charge in [-0.15, -0.1) is 0 Å². The number of carbonyl (C=O) groups excluding carboxylic acids is 1. The van der Waals surface area contributed by atoms with Crippen LogP contribution in [-0.4, -0.2) is 73.8 Å². The smallest absolute Gasteiger partial charge is 0.415 e. The number of para-hydroxylation sites is 2. The Morgan fingerprint density at radius 3 is 2.40 bits per heavy atom. The highest BCUT2D eigenvalue weighted by atomic mass is 35.5. The van der Waals surface area contributed by atoms with Crippen molar-refractivity contribution in [2.24, 2.45) is 5.92 Å². The van der Waals surface area contributed by atoms with Gasteiger partial charge in [-0.25, -0.2) is 9.59 Å². The van der Waals surface area contributed by atoms with E-state index in [4.69, 9.17) is 41.5 Å². The number of rotatable bonds is 13. The topological polar surface area (TPSA) is 122 Å². The number of pyridine rings is 1. The van der Waals surface area contributed by atoms with Crippen molar-refractivity contribution in [1.82, 2.24) is 4.90 Å². The third-order valence-corrected chi connectivity index (χ3v) is 10.3. The molecule has 2 bridgehead atoms. The first-order chi connectivity index (χ1) is 26.6. The van der Waals surface area contributed by atoms with Crippen molar-refractivity contribution in [3.63, 3.8) is 0 Å². The van der Waals surface area contributed by atoms with Gasteiger partial charge in [0.25, 0.3) is 0 Å². The first-order valence-corrected chi connectivity index (χ1v) is 17.4. The van der Waals surface area contributed by atoms with Gasteiger partial charge < -0.3 is 24.1 Å². The number of ether oxygens (including phenoxy) is 4. The van der Waals surface area contributed by atoms with Gasteiger partial charge in [0.05, 0.1) is 36.1 Å². The first kappa shape index (κ1) is 34.0. The van der Waals surface area contributed by atoms with Gasteiger partial charge in [-0.1, -0.05) is 53.5 Å². The summed E-state index contributed by atoms with van der Waals surface area (Å²) in [4.78, 5) is 30.7. The Hall–Kier alpha value is -4.85. The zero-order chi connectivity index (χ0) is 40.3. The third kappa shape index (κ3) is 8.53. The fourth-order valence-corrected chi connectivity index (χ4v) is 7.68. The Morgan fingerprint density at radius 2 is 1.75 bits per heavy atom. The molecule has 2 atom stereocenters. The molecule has 0 aliphatic carbocycles. The largest absolute Gasteiger partial charge is 0.495 e. The van der Waals surface area contributed by atoms with Crippen LogP contribution in [0.4, 0.5) is 19.3 Å². The van der Waals surface area contributed by atoms with Crippen molar-refractivity contribution in [3.05, 3.63) is 111 Å². The minimum atomic E-state index is -3.32. The van der Waals surface area contributed by atoms with E-state index >= 15 is 0 Å². The second-order valence-electron chi connectivity index (χ2n) is 12.8. The van der Waals surface area contributed by atoms with Crippen LogP contribution in [0.1, 0.15) is 55.5 Å². The molecule has 0 radical (unpaired) electrons. The van der Waals surface area contributed by atoms with E-state index in [0.717, 1.165) is 38.1 Å². The Labute approximate surface area is 318 Å². The van der Waals surface area contributed by atoms with Gasteiger partial charge in [0, 0.05) is 22.8 Å². The highest BCUT2D eigenvalue weighted by Crippen LogP contribution is 2.40. The van der Waals surface area contributed by atoms with Crippen LogP contribution in [0, 0.1) is 5.92 Å². The van der Waals surface area contributed by atoms with Crippen LogP contribution in [0.15, 0.2) is 73.1 Å². The molecule has 0 spiro atoms. The van der Waals surface area contributed by atoms with Gasteiger partial charge >= 0.3 is 18.7 Å². The summed E-state index contributed by atoms with van der Waals surface area (Å²) in [7, 11) is -1.60. The molecule has 3 aliphatic heterocycles. The van der Waals surface area contributed by atoms with Gasteiger partial charge in [0.1, 0.15) is 21.9 Å². The Kier molecular flexibility index (Phi) is 10.5. The van der Waals surface area contributed by atoms with Crippen LogP contribution < -0.4 is 23.8 Å². The van der Waals surface area contributed by atoms with E-state index < -0.39 is 43.1 Å². The van der Waals surface area contributed by atoms with E-state index in [1.807, 2.05) is 0 Å². The molecule has 0 unspecified atom stereocenters. The van der Waals surface area contributed by atoms with Crippen LogP contribution in [-0.2, 0) is 17.7 Å². The number of anilines is 1. The van der Waals surface area contributed by atoms with Crippen molar-refractivity contribution in [1.29, 1.82) is 0 Å². The van der Waals surface area contributed by atoms with Crippen molar-refractivity contribution in [2.75, 3.05) is 38.7 Å². The minimum absolute atomic E-state index is 0.00693. The summed E-state index contributed by atoms with van der Waals surface area (Å²) in [5, 5.41) is 20.5. The predicted octanol–water partition coefficient (Wildman–Crippen LogP) is 7.45. The van der Waals surface area contributed by atoms with Crippen molar-refractivity contribution in [3.8, 4) is 17.2 Å². The van der Waals surface area contributed by atoms with Crippen LogP contribution in [0.25, 0.3) is 0 Å². The number of methoxy groups -OCH3 is 2. The van der Waals surface area contributed by atoms with Gasteiger partial charge in [0.2, 0.25) is 12.4 Å². The second kappa shape index (κ2) is 16.4. The second-order valence-corrected chi connectivity index (χ2v) is 13.6. The van der Waals surface area contributed by atoms with E-state index in [1.165, 1.54) is 36.5 Å². The first-order valence-electron chi connectivity index (χ1n) is 18.2. The lowest BCUT2D eigenvalue weighted by Gasteiger charge is -2.44. The normalized spacial score (nSPS) is 19.4. The van der Waals surface area contributed by atoms with E-state index in [9.17, 15) is 28.7 Å². The zero-order valence-corrected chi connectivity index (χ0v) is 29.9. The predicted molar refractivity (Wildman–Crippen MR) is 191 cm³/mol. The highest BCUT2D eigenvalue weighted by molar-refractivity contribution is 6.35. The molecule has 3 saturated heterocycles. The minimum Gasteiger partial charge on any atom is -0.495 e. The van der Waals surface area contributed by atoms with E-state index in [-0.39, 0.29) is 57.3 Å². The van der Waals surface area contributed by atoms with Crippen molar-refractivity contribution < 1.29 is 56.5 Å². The summed E-state index contributed by atoms with van der Waals surface area (Å²) >= 11 is 13.1. The molecule has 3 aliphatic rings. The molecule has 2 N–H and O–H groups in total. The fraction of sp³-hybridized carbons (Fsp3) is 0.342. The van der Waals surface area contributed by atoms with Gasteiger partial charge in [0.15, 0.2) is 11.5 Å². The molecule has 3 aromatic carbocycles. The Bertz CT molecular complexity index is 2070. The molecular weight excluding hydrogens is 735 g/mol. The molecule has 11 nitrogen and oxygen atoms in total. The zero-order valence-electron chi connectivity index (χ0n) is 31.4. The summed E-state index contributed by atoms with van der Waals surface area (Å²) in [5.74, 6) is -2.87. The lowest BCUT2D eigenvalue weighted by Crippen LogP contribution is -2.53. The van der Waals surface area contributed by atoms with E-state index in [1.54, 1.807) is 36.4 Å². The summed E-state index contributed by atoms with van der Waals surface area (Å²) in [6.45, 7) is -0.918. The summed E-state index contributed by atoms with van der Waals surface area (Å²) < 4.78 is 71.7. The SMILES string of the molecule is [2H]C([2H])([2H])Oc1cc([C@H](Cc2c(Cl)c[n+](O)cc2Cl)c2cc(CN(C(=O)O[C@H]3CN4CCC3CC4)c3ccccc3OC)ccc2C(=O)O)ccc1OC(F)F. The molecule has 4 aromatic rings. The molecule has 7 rings (SSSR count). The fourth-order valence-electron chi connectivity index (χ4n) is 7.07. The average molecular weight is 777 g/mol. The van der Waals surface area contributed by atoms with E-state index in [0.29, 0.717) is 28.3 Å². The number of piperidine rings is 3. The monoisotopic (exact) mass is 775 g/mol. The number of benzene rings is 3. The van der Waals surface area contributed by atoms with Gasteiger partial charge in [-0.2, -0.15) is 8.78 Å². The Balaban J connectivity index is 1.47. The Morgan fingerprint density at radius 1 is 1.02 bits per heavy atom. The summed E-state index contributed by atoms with van der Waals surface area (Å²) in [5.41, 5.74) is 1.33. The van der Waals surface area contributed by atoms with E-state index in [2.05, 4.69) is 9.64 Å². The number of alkyl halides is 2. The number of carboxylic acid groups (broad SMARTS) is 1. The number of nitrogens with zero attached hydrogens (tertiary/aromatic N) is 3. The third-order valence-electron chi connectivity index (χ3n) is 9.68. The number of halogens is 4. The highest BCUT2D eigenvalue weighted by Gasteiger charge is 2.38. The molecule has 15 heteroatoms.